The molecule has 3 atom stereocenters. The average molecular weight is 212 g/mol. The molecule has 5 heteroatoms. The zero-order valence-electron chi connectivity index (χ0n) is 8.77. The van der Waals surface area contributed by atoms with Crippen LogP contribution in [0.1, 0.15) is 25.7 Å². The number of amides is 1. The van der Waals surface area contributed by atoms with Crippen LogP contribution in [0.25, 0.3) is 0 Å². The van der Waals surface area contributed by atoms with Gasteiger partial charge in [0.05, 0.1) is 0 Å². The lowest BCUT2D eigenvalue weighted by Gasteiger charge is -2.42. The van der Waals surface area contributed by atoms with Gasteiger partial charge in [-0.15, -0.1) is 0 Å². The fourth-order valence-electron chi connectivity index (χ4n) is 2.94. The van der Waals surface area contributed by atoms with Gasteiger partial charge in [-0.05, 0) is 32.7 Å². The summed E-state index contributed by atoms with van der Waals surface area (Å²) in [6, 6.07) is 0.597. The first-order valence-corrected chi connectivity index (χ1v) is 5.26. The van der Waals surface area contributed by atoms with Crippen LogP contribution in [-0.2, 0) is 9.59 Å². The molecule has 2 fully saturated rings. The Hall–Kier alpha value is -1.10. The molecule has 0 spiro atoms. The van der Waals surface area contributed by atoms with Gasteiger partial charge in [-0.2, -0.15) is 0 Å². The molecule has 2 bridgehead atoms. The van der Waals surface area contributed by atoms with E-state index < -0.39 is 11.5 Å². The Morgan fingerprint density at radius 3 is 2.40 bits per heavy atom. The van der Waals surface area contributed by atoms with Crippen LogP contribution >= 0.6 is 0 Å². The van der Waals surface area contributed by atoms with Gasteiger partial charge >= 0.3 is 5.97 Å². The van der Waals surface area contributed by atoms with Crippen LogP contribution in [0, 0.1) is 0 Å². The van der Waals surface area contributed by atoms with E-state index in [0.717, 1.165) is 12.8 Å². The second kappa shape index (κ2) is 3.48. The third-order valence-corrected chi connectivity index (χ3v) is 3.90. The fraction of sp³-hybridized carbons (Fsp3) is 0.800. The Balaban J connectivity index is 2.22. The van der Waals surface area contributed by atoms with Crippen molar-refractivity contribution >= 4 is 12.4 Å². The number of carbonyl (C=O) groups excluding carboxylic acids is 1. The van der Waals surface area contributed by atoms with Gasteiger partial charge in [-0.1, -0.05) is 0 Å². The van der Waals surface area contributed by atoms with Crippen LogP contribution in [0.4, 0.5) is 0 Å². The Bertz CT molecular complexity index is 278. The second-order valence-corrected chi connectivity index (χ2v) is 4.61. The van der Waals surface area contributed by atoms with E-state index >= 15 is 0 Å². The lowest BCUT2D eigenvalue weighted by molar-refractivity contribution is -0.149. The maximum Gasteiger partial charge on any atom is 0.329 e. The number of fused-ring (bicyclic) bond motifs is 2. The van der Waals surface area contributed by atoms with Crippen LogP contribution < -0.4 is 5.32 Å². The second-order valence-electron chi connectivity index (χ2n) is 4.61. The molecule has 0 radical (unpaired) electrons. The topological polar surface area (TPSA) is 69.6 Å². The van der Waals surface area contributed by atoms with Crippen molar-refractivity contribution in [3.63, 3.8) is 0 Å². The molecule has 1 amide bonds. The molecule has 15 heavy (non-hydrogen) atoms. The van der Waals surface area contributed by atoms with Crippen molar-refractivity contribution in [3.8, 4) is 0 Å². The van der Waals surface area contributed by atoms with Crippen molar-refractivity contribution in [3.05, 3.63) is 0 Å². The number of rotatable bonds is 3. The third-order valence-electron chi connectivity index (χ3n) is 3.90. The number of carbonyl (C=O) groups is 2. The number of nitrogens with zero attached hydrogens (tertiary/aromatic N) is 1. The minimum atomic E-state index is -1.03. The van der Waals surface area contributed by atoms with Crippen LogP contribution in [0.2, 0.25) is 0 Å². The lowest BCUT2D eigenvalue weighted by atomic mass is 9.83. The largest absolute Gasteiger partial charge is 0.480 e. The first kappa shape index (κ1) is 10.4. The van der Waals surface area contributed by atoms with Gasteiger partial charge in [0, 0.05) is 12.1 Å². The average Bonchev–Trinajstić information content (AvgIpc) is 2.43. The van der Waals surface area contributed by atoms with E-state index in [9.17, 15) is 14.7 Å². The fourth-order valence-corrected chi connectivity index (χ4v) is 2.94. The van der Waals surface area contributed by atoms with Crippen LogP contribution in [0.5, 0.6) is 0 Å². The molecule has 2 aliphatic heterocycles. The maximum atomic E-state index is 11.3. The molecule has 2 N–H and O–H groups in total. The highest BCUT2D eigenvalue weighted by atomic mass is 16.4. The van der Waals surface area contributed by atoms with E-state index in [0.29, 0.717) is 31.3 Å². The van der Waals surface area contributed by atoms with Gasteiger partial charge in [-0.25, -0.2) is 4.79 Å². The Labute approximate surface area is 88.4 Å². The monoisotopic (exact) mass is 212 g/mol. The molecule has 2 rings (SSSR count). The van der Waals surface area contributed by atoms with Crippen molar-refractivity contribution in [1.29, 1.82) is 0 Å². The highest BCUT2D eigenvalue weighted by Crippen LogP contribution is 2.39. The minimum absolute atomic E-state index is 0.298. The summed E-state index contributed by atoms with van der Waals surface area (Å²) in [5, 5.41) is 11.7. The first-order chi connectivity index (χ1) is 7.09. The number of aliphatic carboxylic acids is 1. The molecular formula is C10H16N2O3. The maximum absolute atomic E-state index is 11.3. The normalized spacial score (nSPS) is 40.1. The summed E-state index contributed by atoms with van der Waals surface area (Å²) < 4.78 is 0. The molecule has 2 aliphatic rings. The highest BCUT2D eigenvalue weighted by Gasteiger charge is 2.51. The Morgan fingerprint density at radius 2 is 2.00 bits per heavy atom. The molecule has 0 aromatic heterocycles. The summed E-state index contributed by atoms with van der Waals surface area (Å²) in [7, 11) is 2.04. The molecule has 0 saturated carbocycles. The molecule has 2 heterocycles. The first-order valence-electron chi connectivity index (χ1n) is 5.26. The molecule has 0 aromatic carbocycles. The molecule has 2 saturated heterocycles. The third kappa shape index (κ3) is 1.51. The molecule has 5 nitrogen and oxygen atoms in total. The molecule has 0 aromatic rings. The summed E-state index contributed by atoms with van der Waals surface area (Å²) in [6.07, 6.45) is 3.63. The van der Waals surface area contributed by atoms with Crippen molar-refractivity contribution in [2.75, 3.05) is 7.05 Å². The summed E-state index contributed by atoms with van der Waals surface area (Å²) in [5.41, 5.74) is -1.03. The van der Waals surface area contributed by atoms with Crippen molar-refractivity contribution in [1.82, 2.24) is 10.2 Å². The van der Waals surface area contributed by atoms with Gasteiger partial charge in [0.1, 0.15) is 5.54 Å². The molecule has 1 unspecified atom stereocenters. The lowest BCUT2D eigenvalue weighted by Crippen LogP contribution is -2.60. The molecule has 84 valence electrons. The number of piperidine rings is 1. The van der Waals surface area contributed by atoms with Gasteiger partial charge in [0.25, 0.3) is 0 Å². The standard InChI is InChI=1S/C10H16N2O3/c1-12-7-2-3-8(12)5-10(4-7,9(14)15)11-6-13/h6-8H,2-5H2,1H3,(H,11,13)(H,14,15)/t7-,8+,10?. The van der Waals surface area contributed by atoms with Crippen molar-refractivity contribution in [2.45, 2.75) is 43.3 Å². The van der Waals surface area contributed by atoms with E-state index in [2.05, 4.69) is 10.2 Å². The summed E-state index contributed by atoms with van der Waals surface area (Å²) in [6.45, 7) is 0. The van der Waals surface area contributed by atoms with Crippen molar-refractivity contribution in [2.24, 2.45) is 0 Å². The summed E-state index contributed by atoms with van der Waals surface area (Å²) in [4.78, 5) is 24.0. The summed E-state index contributed by atoms with van der Waals surface area (Å²) >= 11 is 0. The smallest absolute Gasteiger partial charge is 0.329 e. The zero-order valence-corrected chi connectivity index (χ0v) is 8.77. The predicted molar refractivity (Wildman–Crippen MR) is 53.4 cm³/mol. The Kier molecular flexibility index (Phi) is 2.42. The minimum Gasteiger partial charge on any atom is -0.480 e. The van der Waals surface area contributed by atoms with E-state index in [-0.39, 0.29) is 0 Å². The number of carboxylic acids is 1. The number of carboxylic acid groups (broad SMARTS) is 1. The van der Waals surface area contributed by atoms with Gasteiger partial charge in [0.15, 0.2) is 0 Å². The van der Waals surface area contributed by atoms with Crippen LogP contribution in [0.3, 0.4) is 0 Å². The van der Waals surface area contributed by atoms with E-state index in [1.807, 2.05) is 7.05 Å². The van der Waals surface area contributed by atoms with Gasteiger partial charge in [-0.3, -0.25) is 4.79 Å². The summed E-state index contributed by atoms with van der Waals surface area (Å²) in [5.74, 6) is -0.903. The van der Waals surface area contributed by atoms with Crippen molar-refractivity contribution < 1.29 is 14.7 Å². The van der Waals surface area contributed by atoms with E-state index in [4.69, 9.17) is 0 Å². The van der Waals surface area contributed by atoms with Gasteiger partial charge in [0.2, 0.25) is 6.41 Å². The van der Waals surface area contributed by atoms with Crippen LogP contribution in [0.15, 0.2) is 0 Å². The molecule has 0 aliphatic carbocycles. The number of nitrogens with one attached hydrogen (secondary N) is 1. The SMILES string of the molecule is CN1[C@@H]2CC[C@H]1CC(NC=O)(C(=O)O)C2. The van der Waals surface area contributed by atoms with Crippen LogP contribution in [-0.4, -0.2) is 47.1 Å². The molecular weight excluding hydrogens is 196 g/mol. The zero-order chi connectivity index (χ0) is 11.1. The number of hydrogen-bond acceptors (Lipinski definition) is 3. The Morgan fingerprint density at radius 1 is 1.47 bits per heavy atom. The highest BCUT2D eigenvalue weighted by molar-refractivity contribution is 5.82. The quantitative estimate of drug-likeness (QED) is 0.636. The van der Waals surface area contributed by atoms with E-state index in [1.54, 1.807) is 0 Å². The van der Waals surface area contributed by atoms with E-state index in [1.165, 1.54) is 0 Å². The van der Waals surface area contributed by atoms with Gasteiger partial charge < -0.3 is 15.3 Å². The predicted octanol–water partition coefficient (Wildman–Crippen LogP) is -0.188. The number of hydrogen-bond donors (Lipinski definition) is 2.